The second-order valence-corrected chi connectivity index (χ2v) is 2.59. The van der Waals surface area contributed by atoms with Crippen LogP contribution >= 0.6 is 0 Å². The van der Waals surface area contributed by atoms with Gasteiger partial charge in [-0.1, -0.05) is 0 Å². The molecule has 0 aliphatic rings. The molecule has 0 unspecified atom stereocenters. The fraction of sp³-hybridized carbons (Fsp3) is 0.300. The number of benzene rings is 1. The monoisotopic (exact) mass is 177 g/mol. The first-order chi connectivity index (χ1) is 6.22. The van der Waals surface area contributed by atoms with Gasteiger partial charge in [0.05, 0.1) is 20.8 Å². The molecule has 0 radical (unpaired) electrons. The molecule has 3 nitrogen and oxygen atoms in total. The molecule has 0 saturated heterocycles. The highest BCUT2D eigenvalue weighted by molar-refractivity contribution is 5.58. The zero-order valence-electron chi connectivity index (χ0n) is 7.92. The number of hydrogen-bond donors (Lipinski definition) is 0. The summed E-state index contributed by atoms with van der Waals surface area (Å²) in [5.74, 6) is 1.37. The van der Waals surface area contributed by atoms with Crippen molar-refractivity contribution < 1.29 is 9.47 Å². The van der Waals surface area contributed by atoms with Crippen LogP contribution in [0.3, 0.4) is 0 Å². The molecule has 0 aliphatic carbocycles. The van der Waals surface area contributed by atoms with Crippen molar-refractivity contribution in [2.45, 2.75) is 6.92 Å². The number of rotatable bonds is 2. The lowest BCUT2D eigenvalue weighted by Gasteiger charge is -2.09. The van der Waals surface area contributed by atoms with Crippen LogP contribution in [0.4, 0.5) is 5.69 Å². The van der Waals surface area contributed by atoms with Crippen LogP contribution in [0.5, 0.6) is 11.5 Å². The summed E-state index contributed by atoms with van der Waals surface area (Å²) in [6, 6.07) is 3.40. The molecule has 0 N–H and O–H groups in total. The van der Waals surface area contributed by atoms with Crippen LogP contribution in [0.1, 0.15) is 5.56 Å². The molecule has 0 heterocycles. The Morgan fingerprint density at radius 3 is 1.92 bits per heavy atom. The van der Waals surface area contributed by atoms with Gasteiger partial charge >= 0.3 is 0 Å². The summed E-state index contributed by atoms with van der Waals surface area (Å²) in [5.41, 5.74) is 1.44. The number of hydrogen-bond acceptors (Lipinski definition) is 2. The Balaban J connectivity index is 3.30. The first-order valence-electron chi connectivity index (χ1n) is 3.83. The van der Waals surface area contributed by atoms with Gasteiger partial charge in [0, 0.05) is 5.56 Å². The average Bonchev–Trinajstić information content (AvgIpc) is 2.18. The normalized spacial score (nSPS) is 9.08. The lowest BCUT2D eigenvalue weighted by molar-refractivity contribution is 0.389. The highest BCUT2D eigenvalue weighted by atomic mass is 16.5. The van der Waals surface area contributed by atoms with Crippen LogP contribution in [-0.2, 0) is 0 Å². The summed E-state index contributed by atoms with van der Waals surface area (Å²) in [6.07, 6.45) is 0. The SMILES string of the molecule is [C-]#[N+]c1cc(OC)c(C)c(OC)c1. The van der Waals surface area contributed by atoms with Gasteiger partial charge in [0.1, 0.15) is 11.5 Å². The number of nitrogens with zero attached hydrogens (tertiary/aromatic N) is 1. The van der Waals surface area contributed by atoms with Gasteiger partial charge in [-0.15, -0.1) is 0 Å². The maximum atomic E-state index is 6.87. The molecule has 0 saturated carbocycles. The third-order valence-electron chi connectivity index (χ3n) is 1.87. The van der Waals surface area contributed by atoms with Crippen LogP contribution in [0.25, 0.3) is 4.85 Å². The van der Waals surface area contributed by atoms with Crippen molar-refractivity contribution in [1.29, 1.82) is 0 Å². The second-order valence-electron chi connectivity index (χ2n) is 2.59. The van der Waals surface area contributed by atoms with Crippen LogP contribution in [-0.4, -0.2) is 14.2 Å². The largest absolute Gasteiger partial charge is 0.498 e. The molecule has 1 aromatic carbocycles. The first-order valence-corrected chi connectivity index (χ1v) is 3.83. The molecular formula is C10H11NO2. The van der Waals surface area contributed by atoms with E-state index in [0.717, 1.165) is 5.56 Å². The summed E-state index contributed by atoms with van der Waals surface area (Å²) in [6.45, 7) is 8.77. The lowest BCUT2D eigenvalue weighted by Crippen LogP contribution is -1.91. The van der Waals surface area contributed by atoms with Crippen LogP contribution in [0.2, 0.25) is 0 Å². The molecule has 0 spiro atoms. The minimum absolute atomic E-state index is 0.527. The van der Waals surface area contributed by atoms with E-state index in [4.69, 9.17) is 16.0 Å². The molecular weight excluding hydrogens is 166 g/mol. The quantitative estimate of drug-likeness (QED) is 0.648. The zero-order chi connectivity index (χ0) is 9.84. The molecule has 0 aromatic heterocycles. The Morgan fingerprint density at radius 1 is 1.15 bits per heavy atom. The molecule has 0 fully saturated rings. The maximum absolute atomic E-state index is 6.87. The molecule has 0 aliphatic heterocycles. The topological polar surface area (TPSA) is 22.8 Å². The number of ether oxygens (including phenoxy) is 2. The minimum atomic E-state index is 0.527. The second kappa shape index (κ2) is 3.81. The van der Waals surface area contributed by atoms with Gasteiger partial charge in [0.2, 0.25) is 0 Å². The van der Waals surface area contributed by atoms with Gasteiger partial charge in [0.25, 0.3) is 0 Å². The van der Waals surface area contributed by atoms with Gasteiger partial charge in [-0.05, 0) is 19.1 Å². The highest BCUT2D eigenvalue weighted by Gasteiger charge is 2.07. The van der Waals surface area contributed by atoms with E-state index < -0.39 is 0 Å². The van der Waals surface area contributed by atoms with Gasteiger partial charge in [-0.2, -0.15) is 0 Å². The Labute approximate surface area is 77.7 Å². The van der Waals surface area contributed by atoms with E-state index in [1.165, 1.54) is 0 Å². The summed E-state index contributed by atoms with van der Waals surface area (Å²) in [5, 5.41) is 0. The standard InChI is InChI=1S/C10H11NO2/c1-7-9(12-3)5-8(11-2)6-10(7)13-4/h5-6H,1,3-4H3. The molecule has 3 heteroatoms. The average molecular weight is 177 g/mol. The lowest BCUT2D eigenvalue weighted by atomic mass is 10.2. The first kappa shape index (κ1) is 9.40. The fourth-order valence-corrected chi connectivity index (χ4v) is 1.14. The molecule has 68 valence electrons. The third-order valence-corrected chi connectivity index (χ3v) is 1.87. The van der Waals surface area contributed by atoms with Crippen LogP contribution in [0, 0.1) is 13.5 Å². The molecule has 13 heavy (non-hydrogen) atoms. The summed E-state index contributed by atoms with van der Waals surface area (Å²) in [4.78, 5) is 3.32. The van der Waals surface area contributed by atoms with Crippen molar-refractivity contribution in [2.75, 3.05) is 14.2 Å². The Hall–Kier alpha value is -1.69. The summed E-state index contributed by atoms with van der Waals surface area (Å²) < 4.78 is 10.2. The minimum Gasteiger partial charge on any atom is -0.498 e. The predicted molar refractivity (Wildman–Crippen MR) is 50.5 cm³/mol. The third kappa shape index (κ3) is 1.73. The smallest absolute Gasteiger partial charge is 0.194 e. The summed E-state index contributed by atoms with van der Waals surface area (Å²) in [7, 11) is 3.16. The van der Waals surface area contributed by atoms with E-state index in [9.17, 15) is 0 Å². The molecule has 0 atom stereocenters. The maximum Gasteiger partial charge on any atom is 0.194 e. The van der Waals surface area contributed by atoms with Gasteiger partial charge in [-0.3, -0.25) is 0 Å². The van der Waals surface area contributed by atoms with Crippen molar-refractivity contribution in [1.82, 2.24) is 0 Å². The van der Waals surface area contributed by atoms with Crippen LogP contribution in [0.15, 0.2) is 12.1 Å². The van der Waals surface area contributed by atoms with E-state index in [2.05, 4.69) is 4.85 Å². The van der Waals surface area contributed by atoms with E-state index in [0.29, 0.717) is 17.2 Å². The summed E-state index contributed by atoms with van der Waals surface area (Å²) >= 11 is 0. The number of methoxy groups -OCH3 is 2. The highest BCUT2D eigenvalue weighted by Crippen LogP contribution is 2.32. The Bertz CT molecular complexity index is 327. The van der Waals surface area contributed by atoms with Crippen molar-refractivity contribution in [3.8, 4) is 11.5 Å². The molecule has 0 bridgehead atoms. The van der Waals surface area contributed by atoms with Crippen LogP contribution < -0.4 is 9.47 Å². The fourth-order valence-electron chi connectivity index (χ4n) is 1.14. The Morgan fingerprint density at radius 2 is 1.62 bits per heavy atom. The van der Waals surface area contributed by atoms with E-state index >= 15 is 0 Å². The van der Waals surface area contributed by atoms with Crippen molar-refractivity contribution in [3.63, 3.8) is 0 Å². The van der Waals surface area contributed by atoms with Gasteiger partial charge in [-0.25, -0.2) is 4.85 Å². The molecule has 0 amide bonds. The predicted octanol–water partition coefficient (Wildman–Crippen LogP) is 2.56. The Kier molecular flexibility index (Phi) is 2.76. The van der Waals surface area contributed by atoms with Gasteiger partial charge < -0.3 is 9.47 Å². The molecule has 1 rings (SSSR count). The molecule has 1 aromatic rings. The van der Waals surface area contributed by atoms with E-state index in [-0.39, 0.29) is 0 Å². The van der Waals surface area contributed by atoms with Crippen molar-refractivity contribution in [3.05, 3.63) is 29.1 Å². The zero-order valence-corrected chi connectivity index (χ0v) is 7.92. The van der Waals surface area contributed by atoms with Gasteiger partial charge in [0.15, 0.2) is 5.69 Å². The van der Waals surface area contributed by atoms with E-state index in [1.807, 2.05) is 6.92 Å². The van der Waals surface area contributed by atoms with E-state index in [1.54, 1.807) is 26.4 Å². The van der Waals surface area contributed by atoms with Crippen molar-refractivity contribution >= 4 is 5.69 Å². The van der Waals surface area contributed by atoms with Crippen molar-refractivity contribution in [2.24, 2.45) is 0 Å².